The summed E-state index contributed by atoms with van der Waals surface area (Å²) in [5, 5.41) is 2.29. The molecular weight excluding hydrogens is 507 g/mol. The average Bonchev–Trinajstić information content (AvgIpc) is 3.07. The first-order valence-corrected chi connectivity index (χ1v) is 10.2. The topological polar surface area (TPSA) is 47.4 Å². The molecule has 0 spiro atoms. The van der Waals surface area contributed by atoms with Gasteiger partial charge in [-0.15, -0.1) is 0 Å². The SMILES string of the molecule is CCN(C(=O)OC)c1ccc2cccc(C(C)c3c[n]([Tl])cn3)c2c1. The Kier molecular flexibility index (Phi) is 5.41. The van der Waals surface area contributed by atoms with E-state index in [1.807, 2.05) is 19.3 Å². The van der Waals surface area contributed by atoms with Crippen molar-refractivity contribution in [2.45, 2.75) is 19.8 Å². The zero-order valence-electron chi connectivity index (χ0n) is 14.6. The second-order valence-electron chi connectivity index (χ2n) is 5.93. The molecule has 0 fully saturated rings. The standard InChI is InChI=1S/C19H20N3O2.Tl/c1-4-22(19(23)24-3)15-9-8-14-6-5-7-16(17(14)10-15)13(2)18-11-20-12-21-18;/h5-13H,4H2,1-3H3;/q-1;+1. The second kappa shape index (κ2) is 7.55. The number of aromatic nitrogens is 2. The van der Waals surface area contributed by atoms with Crippen LogP contribution in [0.25, 0.3) is 10.8 Å². The Morgan fingerprint density at radius 1 is 1.36 bits per heavy atom. The van der Waals surface area contributed by atoms with Gasteiger partial charge in [0.1, 0.15) is 0 Å². The average molecular weight is 527 g/mol. The normalized spacial score (nSPS) is 12.1. The van der Waals surface area contributed by atoms with Gasteiger partial charge in [-0.2, -0.15) is 0 Å². The van der Waals surface area contributed by atoms with Gasteiger partial charge < -0.3 is 0 Å². The third kappa shape index (κ3) is 3.56. The first-order valence-electron chi connectivity index (χ1n) is 8.22. The molecule has 5 nitrogen and oxygen atoms in total. The van der Waals surface area contributed by atoms with E-state index in [0.29, 0.717) is 6.54 Å². The maximum absolute atomic E-state index is 12.0. The number of rotatable bonds is 4. The quantitative estimate of drug-likeness (QED) is 0.487. The molecule has 0 aliphatic carbocycles. The van der Waals surface area contributed by atoms with Gasteiger partial charge >= 0.3 is 164 Å². The molecule has 0 saturated heterocycles. The van der Waals surface area contributed by atoms with Crippen molar-refractivity contribution in [2.24, 2.45) is 0 Å². The number of ether oxygens (including phenoxy) is 1. The van der Waals surface area contributed by atoms with Crippen molar-refractivity contribution in [3.63, 3.8) is 0 Å². The van der Waals surface area contributed by atoms with Gasteiger partial charge in [-0.1, -0.05) is 0 Å². The fraction of sp³-hybridized carbons (Fsp3) is 0.263. The molecule has 0 aliphatic rings. The monoisotopic (exact) mass is 527 g/mol. The van der Waals surface area contributed by atoms with Crippen LogP contribution < -0.4 is 4.90 Å². The number of imidazole rings is 1. The number of benzene rings is 2. The third-order valence-electron chi connectivity index (χ3n) is 4.45. The number of carbonyl (C=O) groups excluding carboxylic acids is 1. The van der Waals surface area contributed by atoms with Crippen LogP contribution in [0.5, 0.6) is 0 Å². The van der Waals surface area contributed by atoms with E-state index in [1.54, 1.807) is 4.90 Å². The fourth-order valence-electron chi connectivity index (χ4n) is 3.09. The summed E-state index contributed by atoms with van der Waals surface area (Å²) in [5.41, 5.74) is 3.13. The molecule has 1 heterocycles. The molecule has 25 heavy (non-hydrogen) atoms. The van der Waals surface area contributed by atoms with Gasteiger partial charge in [0.2, 0.25) is 0 Å². The third-order valence-corrected chi connectivity index (χ3v) is 5.55. The van der Waals surface area contributed by atoms with Crippen LogP contribution in [-0.4, -0.2) is 53.2 Å². The zero-order valence-corrected chi connectivity index (χ0v) is 19.1. The van der Waals surface area contributed by atoms with Crippen molar-refractivity contribution >= 4 is 48.6 Å². The molecule has 2 aromatic carbocycles. The number of hydrogen-bond donors (Lipinski definition) is 0. The van der Waals surface area contributed by atoms with Crippen molar-refractivity contribution in [3.05, 3.63) is 60.2 Å². The van der Waals surface area contributed by atoms with Crippen LogP contribution in [0.1, 0.15) is 31.0 Å². The number of anilines is 1. The van der Waals surface area contributed by atoms with Crippen LogP contribution in [0, 0.1) is 0 Å². The summed E-state index contributed by atoms with van der Waals surface area (Å²) in [7, 11) is 1.41. The van der Waals surface area contributed by atoms with Gasteiger partial charge in [0.15, 0.2) is 0 Å². The second-order valence-corrected chi connectivity index (χ2v) is 8.25. The predicted octanol–water partition coefficient (Wildman–Crippen LogP) is 3.71. The number of hydrogen-bond acceptors (Lipinski definition) is 3. The van der Waals surface area contributed by atoms with E-state index < -0.39 is 0 Å². The molecule has 3 rings (SSSR count). The van der Waals surface area contributed by atoms with E-state index in [0.717, 1.165) is 48.2 Å². The molecule has 0 saturated carbocycles. The number of fused-ring (bicyclic) bond motifs is 1. The first kappa shape index (κ1) is 17.9. The molecule has 1 amide bonds. The number of methoxy groups -OCH3 is 1. The summed E-state index contributed by atoms with van der Waals surface area (Å²) < 4.78 is 7.02. The van der Waals surface area contributed by atoms with Gasteiger partial charge in [-0.3, -0.25) is 0 Å². The number of amides is 1. The van der Waals surface area contributed by atoms with E-state index in [1.165, 1.54) is 12.7 Å². The molecule has 0 aliphatic heterocycles. The number of carbonyl (C=O) groups is 1. The summed E-state index contributed by atoms with van der Waals surface area (Å²) in [6.45, 7) is 4.67. The predicted molar refractivity (Wildman–Crippen MR) is 100 cm³/mol. The van der Waals surface area contributed by atoms with E-state index >= 15 is 0 Å². The Hall–Kier alpha value is -1.90. The number of nitrogens with zero attached hydrogens (tertiary/aromatic N) is 3. The summed E-state index contributed by atoms with van der Waals surface area (Å²) in [5.74, 6) is 0.187. The van der Waals surface area contributed by atoms with Crippen LogP contribution in [0.2, 0.25) is 0 Å². The van der Waals surface area contributed by atoms with E-state index in [2.05, 4.69) is 50.8 Å². The Morgan fingerprint density at radius 3 is 2.80 bits per heavy atom. The summed E-state index contributed by atoms with van der Waals surface area (Å²) in [6, 6.07) is 12.4. The van der Waals surface area contributed by atoms with Crippen molar-refractivity contribution < 1.29 is 9.53 Å². The van der Waals surface area contributed by atoms with Crippen molar-refractivity contribution in [1.82, 2.24) is 7.36 Å². The Bertz CT molecular complexity index is 907. The molecule has 0 N–H and O–H groups in total. The van der Waals surface area contributed by atoms with Gasteiger partial charge in [-0.25, -0.2) is 0 Å². The van der Waals surface area contributed by atoms with Gasteiger partial charge in [0, 0.05) is 0 Å². The fourth-order valence-corrected chi connectivity index (χ4v) is 3.95. The molecule has 0 radical (unpaired) electrons. The first-order chi connectivity index (χ1) is 12.0. The van der Waals surface area contributed by atoms with Crippen LogP contribution in [0.3, 0.4) is 0 Å². The molecule has 1 atom stereocenters. The molecular formula is C19H20N3O2Tl. The van der Waals surface area contributed by atoms with Gasteiger partial charge in [0.25, 0.3) is 0 Å². The van der Waals surface area contributed by atoms with Gasteiger partial charge in [0.05, 0.1) is 0 Å². The van der Waals surface area contributed by atoms with E-state index in [9.17, 15) is 4.79 Å². The molecule has 1 unspecified atom stereocenters. The minimum absolute atomic E-state index is 0.187. The van der Waals surface area contributed by atoms with E-state index in [4.69, 9.17) is 4.74 Å². The van der Waals surface area contributed by atoms with Crippen LogP contribution in [-0.2, 0) is 4.74 Å². The molecule has 6 heteroatoms. The van der Waals surface area contributed by atoms with E-state index in [-0.39, 0.29) is 12.0 Å². The van der Waals surface area contributed by atoms with Crippen molar-refractivity contribution in [2.75, 3.05) is 18.6 Å². The van der Waals surface area contributed by atoms with Gasteiger partial charge in [-0.05, 0) is 0 Å². The molecule has 0 bridgehead atoms. The maximum atomic E-state index is 12.0. The Morgan fingerprint density at radius 2 is 2.16 bits per heavy atom. The van der Waals surface area contributed by atoms with Crippen LogP contribution in [0.4, 0.5) is 10.5 Å². The van der Waals surface area contributed by atoms with Crippen LogP contribution in [0.15, 0.2) is 48.9 Å². The Balaban J connectivity index is 2.10. The van der Waals surface area contributed by atoms with Crippen molar-refractivity contribution in [1.29, 1.82) is 0 Å². The molecule has 126 valence electrons. The van der Waals surface area contributed by atoms with Crippen LogP contribution >= 0.6 is 0 Å². The summed E-state index contributed by atoms with van der Waals surface area (Å²) in [6.07, 6.45) is 3.66. The summed E-state index contributed by atoms with van der Waals surface area (Å²) in [4.78, 5) is 18.2. The van der Waals surface area contributed by atoms with Crippen molar-refractivity contribution in [3.8, 4) is 0 Å². The Labute approximate surface area is 163 Å². The zero-order chi connectivity index (χ0) is 18.0. The molecule has 3 aromatic rings. The minimum atomic E-state index is -0.344. The summed E-state index contributed by atoms with van der Waals surface area (Å²) >= 11 is 0.718. The molecule has 1 aromatic heterocycles.